The molecule has 6 heteroatoms. The summed E-state index contributed by atoms with van der Waals surface area (Å²) < 4.78 is 0. The maximum absolute atomic E-state index is 6.03. The normalized spacial score (nSPS) is 15.7. The fourth-order valence-corrected chi connectivity index (χ4v) is 2.87. The highest BCUT2D eigenvalue weighted by Gasteiger charge is 2.11. The van der Waals surface area contributed by atoms with Crippen molar-refractivity contribution in [3.63, 3.8) is 0 Å². The lowest BCUT2D eigenvalue weighted by Crippen LogP contribution is -2.42. The van der Waals surface area contributed by atoms with Crippen LogP contribution in [0.15, 0.2) is 29.3 Å². The molecule has 0 radical (unpaired) electrons. The lowest BCUT2D eigenvalue weighted by molar-refractivity contribution is 0.455. The molecule has 0 bridgehead atoms. The van der Waals surface area contributed by atoms with E-state index in [-0.39, 0.29) is 24.0 Å². The van der Waals surface area contributed by atoms with Gasteiger partial charge in [0.2, 0.25) is 0 Å². The van der Waals surface area contributed by atoms with Crippen molar-refractivity contribution in [2.45, 2.75) is 6.54 Å². The summed E-state index contributed by atoms with van der Waals surface area (Å²) in [6.45, 7) is 2.68. The minimum atomic E-state index is 0. The molecule has 20 heavy (non-hydrogen) atoms. The number of nitrogens with two attached hydrogens (primary N) is 1. The molecule has 0 unspecified atom stereocenters. The second-order valence-corrected chi connectivity index (χ2v) is 6.06. The van der Waals surface area contributed by atoms with Gasteiger partial charge in [0.25, 0.3) is 0 Å². The molecule has 1 heterocycles. The van der Waals surface area contributed by atoms with Gasteiger partial charge in [-0.05, 0) is 17.7 Å². The van der Waals surface area contributed by atoms with E-state index in [0.29, 0.717) is 12.5 Å². The van der Waals surface area contributed by atoms with Crippen molar-refractivity contribution in [2.75, 3.05) is 43.6 Å². The van der Waals surface area contributed by atoms with Crippen molar-refractivity contribution >= 4 is 47.4 Å². The largest absolute Gasteiger partial charge is 0.378 e. The lowest BCUT2D eigenvalue weighted by Gasteiger charge is -2.27. The third-order valence-electron chi connectivity index (χ3n) is 3.21. The van der Waals surface area contributed by atoms with Crippen LogP contribution in [-0.2, 0) is 6.54 Å². The first-order valence-electron chi connectivity index (χ1n) is 6.55. The Balaban J connectivity index is 0.00000200. The molecule has 0 atom stereocenters. The van der Waals surface area contributed by atoms with Crippen molar-refractivity contribution in [1.29, 1.82) is 0 Å². The summed E-state index contributed by atoms with van der Waals surface area (Å²) in [5.74, 6) is 2.97. The third kappa shape index (κ3) is 5.05. The topological polar surface area (TPSA) is 44.9 Å². The number of halogens is 1. The van der Waals surface area contributed by atoms with E-state index < -0.39 is 0 Å². The summed E-state index contributed by atoms with van der Waals surface area (Å²) in [5, 5.41) is 0. The predicted molar refractivity (Wildman–Crippen MR) is 100 cm³/mol. The van der Waals surface area contributed by atoms with E-state index in [9.17, 15) is 0 Å². The fourth-order valence-electron chi connectivity index (χ4n) is 1.96. The predicted octanol–water partition coefficient (Wildman–Crippen LogP) is 2.23. The highest BCUT2D eigenvalue weighted by molar-refractivity contribution is 14.0. The van der Waals surface area contributed by atoms with Gasteiger partial charge < -0.3 is 15.5 Å². The molecular formula is C14H23IN4S. The first-order chi connectivity index (χ1) is 9.16. The van der Waals surface area contributed by atoms with E-state index >= 15 is 0 Å². The molecule has 1 fully saturated rings. The Morgan fingerprint density at radius 1 is 1.25 bits per heavy atom. The molecule has 2 N–H and O–H groups in total. The fraction of sp³-hybridized carbons (Fsp3) is 0.500. The zero-order chi connectivity index (χ0) is 13.7. The maximum atomic E-state index is 6.03. The highest BCUT2D eigenvalue weighted by Crippen LogP contribution is 2.13. The Morgan fingerprint density at radius 3 is 2.40 bits per heavy atom. The number of anilines is 1. The monoisotopic (exact) mass is 406 g/mol. The molecule has 0 aromatic heterocycles. The van der Waals surface area contributed by atoms with E-state index in [1.165, 1.54) is 11.3 Å². The molecule has 1 aromatic rings. The molecule has 0 amide bonds. The van der Waals surface area contributed by atoms with Crippen LogP contribution in [-0.4, -0.2) is 49.6 Å². The molecule has 1 aromatic carbocycles. The van der Waals surface area contributed by atoms with Gasteiger partial charge in [0, 0.05) is 44.4 Å². The number of hydrogen-bond acceptors (Lipinski definition) is 3. The molecule has 0 aliphatic carbocycles. The van der Waals surface area contributed by atoms with Crippen LogP contribution in [0.2, 0.25) is 0 Å². The van der Waals surface area contributed by atoms with Crippen LogP contribution in [0.4, 0.5) is 5.69 Å². The van der Waals surface area contributed by atoms with Crippen molar-refractivity contribution in [3.8, 4) is 0 Å². The van der Waals surface area contributed by atoms with E-state index in [4.69, 9.17) is 5.73 Å². The molecule has 112 valence electrons. The third-order valence-corrected chi connectivity index (χ3v) is 4.15. The van der Waals surface area contributed by atoms with Crippen LogP contribution in [0.25, 0.3) is 0 Å². The maximum Gasteiger partial charge on any atom is 0.191 e. The number of rotatable bonds is 3. The van der Waals surface area contributed by atoms with Crippen LogP contribution in [0.1, 0.15) is 5.56 Å². The standard InChI is InChI=1S/C14H22N4S.HI/c1-17(2)13-5-3-12(4-6-13)11-16-14(15)18-7-9-19-10-8-18;/h3-6H,7-11H2,1-2H3,(H2,15,16);1H. The number of hydrogen-bond donors (Lipinski definition) is 1. The summed E-state index contributed by atoms with van der Waals surface area (Å²) in [5.41, 5.74) is 8.43. The average molecular weight is 406 g/mol. The zero-order valence-corrected chi connectivity index (χ0v) is 15.2. The number of benzene rings is 1. The van der Waals surface area contributed by atoms with E-state index in [0.717, 1.165) is 24.6 Å². The average Bonchev–Trinajstić information content (AvgIpc) is 2.46. The zero-order valence-electron chi connectivity index (χ0n) is 12.1. The van der Waals surface area contributed by atoms with Gasteiger partial charge in [-0.25, -0.2) is 4.99 Å². The second-order valence-electron chi connectivity index (χ2n) is 4.83. The molecule has 0 saturated carbocycles. The van der Waals surface area contributed by atoms with E-state index in [1.54, 1.807) is 0 Å². The first-order valence-corrected chi connectivity index (χ1v) is 7.71. The number of aliphatic imine (C=N–C) groups is 1. The van der Waals surface area contributed by atoms with Gasteiger partial charge in [-0.1, -0.05) is 12.1 Å². The summed E-state index contributed by atoms with van der Waals surface area (Å²) in [7, 11) is 4.08. The number of guanidine groups is 1. The van der Waals surface area contributed by atoms with Gasteiger partial charge in [0.05, 0.1) is 6.54 Å². The van der Waals surface area contributed by atoms with Crippen LogP contribution in [0, 0.1) is 0 Å². The Labute approximate surface area is 142 Å². The van der Waals surface area contributed by atoms with Gasteiger partial charge >= 0.3 is 0 Å². The van der Waals surface area contributed by atoms with Crippen molar-refractivity contribution < 1.29 is 0 Å². The van der Waals surface area contributed by atoms with Gasteiger partial charge in [0.15, 0.2) is 5.96 Å². The smallest absolute Gasteiger partial charge is 0.191 e. The van der Waals surface area contributed by atoms with Crippen LogP contribution >= 0.6 is 35.7 Å². The minimum absolute atomic E-state index is 0. The van der Waals surface area contributed by atoms with Gasteiger partial charge in [0.1, 0.15) is 0 Å². The lowest BCUT2D eigenvalue weighted by atomic mass is 10.2. The van der Waals surface area contributed by atoms with Gasteiger partial charge in [-0.3, -0.25) is 0 Å². The Morgan fingerprint density at radius 2 is 1.85 bits per heavy atom. The Hall–Kier alpha value is -0.630. The van der Waals surface area contributed by atoms with Crippen molar-refractivity contribution in [2.24, 2.45) is 10.7 Å². The first kappa shape index (κ1) is 17.4. The quantitative estimate of drug-likeness (QED) is 0.475. The minimum Gasteiger partial charge on any atom is -0.378 e. The number of thioether (sulfide) groups is 1. The molecule has 1 aliphatic rings. The second kappa shape index (κ2) is 8.61. The molecule has 0 spiro atoms. The molecule has 4 nitrogen and oxygen atoms in total. The van der Waals surface area contributed by atoms with Crippen LogP contribution < -0.4 is 10.6 Å². The SMILES string of the molecule is CN(C)c1ccc(CN=C(N)N2CCSCC2)cc1.I. The Kier molecular flexibility index (Phi) is 7.50. The summed E-state index contributed by atoms with van der Waals surface area (Å²) >= 11 is 1.98. The summed E-state index contributed by atoms with van der Waals surface area (Å²) in [6, 6.07) is 8.44. The van der Waals surface area contributed by atoms with Crippen LogP contribution in [0.5, 0.6) is 0 Å². The van der Waals surface area contributed by atoms with Crippen molar-refractivity contribution in [3.05, 3.63) is 29.8 Å². The van der Waals surface area contributed by atoms with Crippen LogP contribution in [0.3, 0.4) is 0 Å². The highest BCUT2D eigenvalue weighted by atomic mass is 127. The molecule has 2 rings (SSSR count). The van der Waals surface area contributed by atoms with Crippen molar-refractivity contribution in [1.82, 2.24) is 4.90 Å². The van der Waals surface area contributed by atoms with Gasteiger partial charge in [-0.2, -0.15) is 11.8 Å². The molecule has 1 aliphatic heterocycles. The van der Waals surface area contributed by atoms with E-state index in [1.807, 2.05) is 25.9 Å². The molecular weight excluding hydrogens is 383 g/mol. The Bertz CT molecular complexity index is 427. The summed E-state index contributed by atoms with van der Waals surface area (Å²) in [4.78, 5) is 8.75. The van der Waals surface area contributed by atoms with E-state index in [2.05, 4.69) is 39.1 Å². The molecule has 1 saturated heterocycles. The number of nitrogens with zero attached hydrogens (tertiary/aromatic N) is 3. The summed E-state index contributed by atoms with van der Waals surface area (Å²) in [6.07, 6.45) is 0. The van der Waals surface area contributed by atoms with Gasteiger partial charge in [-0.15, -0.1) is 24.0 Å².